The first kappa shape index (κ1) is 18.8. The van der Waals surface area contributed by atoms with E-state index < -0.39 is 5.60 Å². The summed E-state index contributed by atoms with van der Waals surface area (Å²) in [7, 11) is 0. The zero-order chi connectivity index (χ0) is 20.2. The molecule has 2 aliphatic rings. The van der Waals surface area contributed by atoms with Gasteiger partial charge in [-0.25, -0.2) is 9.07 Å². The fourth-order valence-corrected chi connectivity index (χ4v) is 6.25. The van der Waals surface area contributed by atoms with Gasteiger partial charge >= 0.3 is 0 Å². The Kier molecular flexibility index (Phi) is 4.30. The summed E-state index contributed by atoms with van der Waals surface area (Å²) in [4.78, 5) is 0. The van der Waals surface area contributed by atoms with Gasteiger partial charge in [-0.2, -0.15) is 16.4 Å². The maximum absolute atomic E-state index is 13.3. The zero-order valence-corrected chi connectivity index (χ0v) is 17.5. The molecule has 2 aliphatic carbocycles. The molecule has 1 aromatic carbocycles. The molecule has 0 saturated heterocycles. The standard InChI is InChI=1S/C24H25FN2OS/c1-23-13-16-14-26-27(20-8-6-19(25)7-9-20)21(16)12-17(23)4-3-5-22(23)24(2,28)18-10-11-29-15-18/h6-12,14-15,22,28H,3-5,13H2,1-2H3/t22-,23-,24?/m0/s1. The molecular weight excluding hydrogens is 383 g/mol. The molecule has 1 saturated carbocycles. The van der Waals surface area contributed by atoms with Gasteiger partial charge in [-0.1, -0.05) is 12.5 Å². The summed E-state index contributed by atoms with van der Waals surface area (Å²) in [5.41, 5.74) is 4.58. The first-order valence-corrected chi connectivity index (χ1v) is 11.1. The topological polar surface area (TPSA) is 38.1 Å². The lowest BCUT2D eigenvalue weighted by Crippen LogP contribution is -2.47. The van der Waals surface area contributed by atoms with E-state index in [9.17, 15) is 9.50 Å². The van der Waals surface area contributed by atoms with Crippen molar-refractivity contribution in [1.29, 1.82) is 0 Å². The lowest BCUT2D eigenvalue weighted by molar-refractivity contribution is -0.0656. The van der Waals surface area contributed by atoms with Gasteiger partial charge in [-0.05, 0) is 96.3 Å². The summed E-state index contributed by atoms with van der Waals surface area (Å²) in [5, 5.41) is 20.3. The third-order valence-corrected chi connectivity index (χ3v) is 7.74. The predicted molar refractivity (Wildman–Crippen MR) is 115 cm³/mol. The molecule has 0 bridgehead atoms. The maximum Gasteiger partial charge on any atom is 0.123 e. The summed E-state index contributed by atoms with van der Waals surface area (Å²) < 4.78 is 15.3. The Labute approximate surface area is 174 Å². The van der Waals surface area contributed by atoms with Crippen LogP contribution in [0.2, 0.25) is 0 Å². The Morgan fingerprint density at radius 2 is 2.07 bits per heavy atom. The van der Waals surface area contributed by atoms with Crippen molar-refractivity contribution in [3.8, 4) is 5.69 Å². The minimum Gasteiger partial charge on any atom is -0.385 e. The summed E-state index contributed by atoms with van der Waals surface area (Å²) >= 11 is 1.63. The molecular formula is C24H25FN2OS. The number of allylic oxidation sites excluding steroid dienone is 1. The van der Waals surface area contributed by atoms with E-state index >= 15 is 0 Å². The normalized spacial score (nSPS) is 25.7. The van der Waals surface area contributed by atoms with E-state index in [1.807, 2.05) is 29.2 Å². The maximum atomic E-state index is 13.3. The quantitative estimate of drug-likeness (QED) is 0.601. The number of rotatable bonds is 3. The molecule has 3 atom stereocenters. The lowest BCUT2D eigenvalue weighted by atomic mass is 9.55. The van der Waals surface area contributed by atoms with E-state index in [2.05, 4.69) is 23.5 Å². The Hall–Kier alpha value is -2.24. The smallest absolute Gasteiger partial charge is 0.123 e. The molecule has 5 heteroatoms. The number of hydrogen-bond acceptors (Lipinski definition) is 3. The Bertz CT molecular complexity index is 1070. The number of fused-ring (bicyclic) bond motifs is 2. The number of thiophene rings is 1. The van der Waals surface area contributed by atoms with E-state index in [1.54, 1.807) is 23.5 Å². The second kappa shape index (κ2) is 6.64. The van der Waals surface area contributed by atoms with Crippen LogP contribution < -0.4 is 0 Å². The van der Waals surface area contributed by atoms with Crippen LogP contribution in [0.5, 0.6) is 0 Å². The van der Waals surface area contributed by atoms with Crippen LogP contribution in [-0.4, -0.2) is 14.9 Å². The average Bonchev–Trinajstić information content (AvgIpc) is 3.36. The van der Waals surface area contributed by atoms with Crippen LogP contribution in [-0.2, 0) is 12.0 Å². The molecule has 2 heterocycles. The molecule has 1 fully saturated rings. The van der Waals surface area contributed by atoms with Crippen molar-refractivity contribution in [2.45, 2.75) is 45.1 Å². The van der Waals surface area contributed by atoms with Gasteiger partial charge in [0.15, 0.2) is 0 Å². The van der Waals surface area contributed by atoms with Crippen LogP contribution in [0.3, 0.4) is 0 Å². The second-order valence-corrected chi connectivity index (χ2v) is 9.59. The molecule has 0 amide bonds. The van der Waals surface area contributed by atoms with Crippen LogP contribution in [0.1, 0.15) is 49.9 Å². The van der Waals surface area contributed by atoms with Gasteiger partial charge in [-0.15, -0.1) is 0 Å². The SMILES string of the molecule is CC(O)(c1ccsc1)[C@H]1CCCC2=Cc3c(cnn3-c3ccc(F)cc3)C[C@@]21C. The predicted octanol–water partition coefficient (Wildman–Crippen LogP) is 5.73. The highest BCUT2D eigenvalue weighted by Gasteiger charge is 2.51. The molecule has 0 radical (unpaired) electrons. The number of nitrogens with zero attached hydrogens (tertiary/aromatic N) is 2. The van der Waals surface area contributed by atoms with Gasteiger partial charge in [0, 0.05) is 5.92 Å². The molecule has 2 aromatic heterocycles. The highest BCUT2D eigenvalue weighted by molar-refractivity contribution is 7.08. The van der Waals surface area contributed by atoms with Crippen molar-refractivity contribution in [3.63, 3.8) is 0 Å². The van der Waals surface area contributed by atoms with Gasteiger partial charge in [0.2, 0.25) is 0 Å². The molecule has 1 N–H and O–H groups in total. The van der Waals surface area contributed by atoms with Gasteiger partial charge in [0.1, 0.15) is 5.82 Å². The van der Waals surface area contributed by atoms with Gasteiger partial charge in [0.05, 0.1) is 23.2 Å². The number of aromatic nitrogens is 2. The van der Waals surface area contributed by atoms with Crippen molar-refractivity contribution in [2.24, 2.45) is 11.3 Å². The Morgan fingerprint density at radius 1 is 1.28 bits per heavy atom. The van der Waals surface area contributed by atoms with Crippen molar-refractivity contribution in [3.05, 3.63) is 75.5 Å². The highest BCUT2D eigenvalue weighted by Crippen LogP contribution is 2.56. The average molecular weight is 409 g/mol. The number of hydrogen-bond donors (Lipinski definition) is 1. The zero-order valence-electron chi connectivity index (χ0n) is 16.7. The van der Waals surface area contributed by atoms with E-state index in [4.69, 9.17) is 0 Å². The molecule has 0 aliphatic heterocycles. The summed E-state index contributed by atoms with van der Waals surface area (Å²) in [6.45, 7) is 4.28. The molecule has 150 valence electrons. The monoisotopic (exact) mass is 408 g/mol. The van der Waals surface area contributed by atoms with Crippen LogP contribution in [0, 0.1) is 17.2 Å². The Morgan fingerprint density at radius 3 is 2.79 bits per heavy atom. The van der Waals surface area contributed by atoms with E-state index in [-0.39, 0.29) is 17.2 Å². The number of benzene rings is 1. The molecule has 29 heavy (non-hydrogen) atoms. The first-order chi connectivity index (χ1) is 13.9. The minimum absolute atomic E-state index is 0.104. The lowest BCUT2D eigenvalue weighted by Gasteiger charge is -2.51. The van der Waals surface area contributed by atoms with E-state index in [1.165, 1.54) is 23.3 Å². The summed E-state index contributed by atoms with van der Waals surface area (Å²) in [6, 6.07) is 8.52. The third-order valence-electron chi connectivity index (χ3n) is 7.05. The van der Waals surface area contributed by atoms with Crippen molar-refractivity contribution >= 4 is 17.4 Å². The van der Waals surface area contributed by atoms with Crippen LogP contribution in [0.15, 0.2) is 52.9 Å². The van der Waals surface area contributed by atoms with Gasteiger partial charge < -0.3 is 5.11 Å². The van der Waals surface area contributed by atoms with Crippen LogP contribution in [0.4, 0.5) is 4.39 Å². The first-order valence-electron chi connectivity index (χ1n) is 10.2. The van der Waals surface area contributed by atoms with E-state index in [0.29, 0.717) is 0 Å². The van der Waals surface area contributed by atoms with Crippen molar-refractivity contribution in [2.75, 3.05) is 0 Å². The molecule has 1 unspecified atom stereocenters. The fourth-order valence-electron chi connectivity index (χ4n) is 5.48. The fraction of sp³-hybridized carbons (Fsp3) is 0.375. The van der Waals surface area contributed by atoms with Crippen LogP contribution in [0.25, 0.3) is 11.8 Å². The van der Waals surface area contributed by atoms with Crippen molar-refractivity contribution in [1.82, 2.24) is 9.78 Å². The molecule has 5 rings (SSSR count). The Balaban J connectivity index is 1.56. The van der Waals surface area contributed by atoms with Gasteiger partial charge in [0.25, 0.3) is 0 Å². The van der Waals surface area contributed by atoms with Gasteiger partial charge in [-0.3, -0.25) is 0 Å². The number of halogens is 1. The second-order valence-electron chi connectivity index (χ2n) is 8.81. The largest absolute Gasteiger partial charge is 0.385 e. The summed E-state index contributed by atoms with van der Waals surface area (Å²) in [6.07, 6.45) is 8.19. The highest BCUT2D eigenvalue weighted by atomic mass is 32.1. The third kappa shape index (κ3) is 2.90. The minimum atomic E-state index is -0.862. The van der Waals surface area contributed by atoms with Crippen molar-refractivity contribution < 1.29 is 9.50 Å². The molecule has 3 nitrogen and oxygen atoms in total. The molecule has 0 spiro atoms. The van der Waals surface area contributed by atoms with E-state index in [0.717, 1.165) is 42.6 Å². The van der Waals surface area contributed by atoms with Crippen LogP contribution >= 0.6 is 11.3 Å². The molecule has 3 aromatic rings. The summed E-state index contributed by atoms with van der Waals surface area (Å²) in [5.74, 6) is -0.0987. The number of aliphatic hydroxyl groups is 1.